The van der Waals surface area contributed by atoms with Crippen LogP contribution in [0.3, 0.4) is 0 Å². The molecule has 1 aromatic heterocycles. The molecule has 2 aromatic rings. The molecule has 1 heterocycles. The smallest absolute Gasteiger partial charge is 0.387 e. The van der Waals surface area contributed by atoms with Gasteiger partial charge < -0.3 is 10.1 Å². The minimum atomic E-state index is -3.02. The van der Waals surface area contributed by atoms with Crippen molar-refractivity contribution in [3.8, 4) is 11.8 Å². The third-order valence-corrected chi connectivity index (χ3v) is 6.35. The Balaban J connectivity index is 1.88. The molecule has 7 heteroatoms. The van der Waals surface area contributed by atoms with E-state index in [1.807, 2.05) is 0 Å². The summed E-state index contributed by atoms with van der Waals surface area (Å²) in [5, 5.41) is 12.8. The summed E-state index contributed by atoms with van der Waals surface area (Å²) in [6, 6.07) is 8.04. The van der Waals surface area contributed by atoms with Gasteiger partial charge in [0.25, 0.3) is 5.91 Å². The second-order valence-corrected chi connectivity index (χ2v) is 9.06. The number of thiophene rings is 1. The van der Waals surface area contributed by atoms with Crippen molar-refractivity contribution in [2.45, 2.75) is 46.6 Å². The summed E-state index contributed by atoms with van der Waals surface area (Å²) in [6.45, 7) is 3.62. The van der Waals surface area contributed by atoms with Gasteiger partial charge in [0.05, 0.1) is 11.1 Å². The molecule has 28 heavy (non-hydrogen) atoms. The van der Waals surface area contributed by atoms with Gasteiger partial charge in [-0.05, 0) is 48.3 Å². The van der Waals surface area contributed by atoms with Crippen LogP contribution in [0, 0.1) is 22.7 Å². The number of halogens is 2. The average Bonchev–Trinajstić information content (AvgIpc) is 2.96. The molecule has 0 radical (unpaired) electrons. The lowest BCUT2D eigenvalue weighted by Crippen LogP contribution is -2.26. The largest absolute Gasteiger partial charge is 0.434 e. The number of amides is 1. The number of fused-ring (bicyclic) bond motifs is 1. The molecule has 1 N–H and O–H groups in total. The van der Waals surface area contributed by atoms with Crippen LogP contribution in [0.2, 0.25) is 0 Å². The zero-order chi connectivity index (χ0) is 20.5. The Hall–Kier alpha value is -2.46. The molecule has 0 aliphatic heterocycles. The number of rotatable bonds is 4. The summed E-state index contributed by atoms with van der Waals surface area (Å²) in [5.74, 6) is -0.254. The Morgan fingerprint density at radius 2 is 2.07 bits per heavy atom. The van der Waals surface area contributed by atoms with Gasteiger partial charge in [0, 0.05) is 4.88 Å². The van der Waals surface area contributed by atoms with E-state index in [2.05, 4.69) is 36.9 Å². The fraction of sp³-hybridized carbons (Fsp3) is 0.429. The van der Waals surface area contributed by atoms with Crippen molar-refractivity contribution in [2.24, 2.45) is 11.3 Å². The number of nitriles is 1. The molecule has 0 bridgehead atoms. The standard InChI is InChI=1S/C21H22F2N2O2S/c1-21(2,3)12-8-9-13-15(11-24)19(28-17(13)10-12)25-18(26)14-6-4-5-7-16(14)27-20(22)23/h4-7,12,20H,8-10H2,1-3H3,(H,25,26)/t12-/m0/s1. The average molecular weight is 404 g/mol. The predicted molar refractivity (Wildman–Crippen MR) is 105 cm³/mol. The van der Waals surface area contributed by atoms with Crippen LogP contribution in [0.4, 0.5) is 13.8 Å². The van der Waals surface area contributed by atoms with E-state index < -0.39 is 12.5 Å². The van der Waals surface area contributed by atoms with Gasteiger partial charge in [-0.15, -0.1) is 11.3 Å². The molecule has 1 atom stereocenters. The number of carbonyl (C=O) groups is 1. The molecular formula is C21H22F2N2O2S. The second kappa shape index (κ2) is 7.88. The van der Waals surface area contributed by atoms with Gasteiger partial charge in [-0.1, -0.05) is 32.9 Å². The number of anilines is 1. The SMILES string of the molecule is CC(C)(C)[C@H]1CCc2c(sc(NC(=O)c3ccccc3OC(F)F)c2C#N)C1. The van der Waals surface area contributed by atoms with E-state index in [1.165, 1.54) is 29.5 Å². The third-order valence-electron chi connectivity index (χ3n) is 5.18. The first-order valence-electron chi connectivity index (χ1n) is 9.10. The van der Waals surface area contributed by atoms with E-state index in [4.69, 9.17) is 0 Å². The number of hydrogen-bond acceptors (Lipinski definition) is 4. The highest BCUT2D eigenvalue weighted by molar-refractivity contribution is 7.16. The first-order chi connectivity index (χ1) is 13.2. The van der Waals surface area contributed by atoms with Crippen molar-refractivity contribution in [3.63, 3.8) is 0 Å². The maximum absolute atomic E-state index is 12.7. The molecule has 0 fully saturated rings. The number of para-hydroxylation sites is 1. The highest BCUT2D eigenvalue weighted by atomic mass is 32.1. The van der Waals surface area contributed by atoms with Crippen molar-refractivity contribution in [1.29, 1.82) is 5.26 Å². The number of hydrogen-bond donors (Lipinski definition) is 1. The number of nitrogens with one attached hydrogen (secondary N) is 1. The van der Waals surface area contributed by atoms with Gasteiger partial charge in [-0.25, -0.2) is 0 Å². The van der Waals surface area contributed by atoms with Gasteiger partial charge in [0.1, 0.15) is 16.8 Å². The molecule has 0 saturated heterocycles. The van der Waals surface area contributed by atoms with Crippen molar-refractivity contribution in [3.05, 3.63) is 45.8 Å². The van der Waals surface area contributed by atoms with E-state index >= 15 is 0 Å². The fourth-order valence-corrected chi connectivity index (χ4v) is 4.83. The molecule has 1 amide bonds. The van der Waals surface area contributed by atoms with Gasteiger partial charge in [-0.2, -0.15) is 14.0 Å². The number of alkyl halides is 2. The highest BCUT2D eigenvalue weighted by Crippen LogP contribution is 2.44. The van der Waals surface area contributed by atoms with Gasteiger partial charge in [-0.3, -0.25) is 4.79 Å². The molecule has 0 saturated carbocycles. The predicted octanol–water partition coefficient (Wildman–Crippen LogP) is 5.62. The Morgan fingerprint density at radius 1 is 1.36 bits per heavy atom. The summed E-state index contributed by atoms with van der Waals surface area (Å²) >= 11 is 1.41. The minimum absolute atomic E-state index is 0.00521. The maximum atomic E-state index is 12.7. The van der Waals surface area contributed by atoms with Crippen LogP contribution >= 0.6 is 11.3 Å². The maximum Gasteiger partial charge on any atom is 0.387 e. The molecule has 1 aliphatic carbocycles. The lowest BCUT2D eigenvalue weighted by Gasteiger charge is -2.33. The van der Waals surface area contributed by atoms with E-state index in [1.54, 1.807) is 6.07 Å². The molecule has 0 spiro atoms. The Bertz CT molecular complexity index is 925. The molecular weight excluding hydrogens is 382 g/mol. The van der Waals surface area contributed by atoms with Crippen LogP contribution < -0.4 is 10.1 Å². The zero-order valence-corrected chi connectivity index (χ0v) is 16.8. The molecule has 4 nitrogen and oxygen atoms in total. The van der Waals surface area contributed by atoms with Crippen molar-refractivity contribution in [1.82, 2.24) is 0 Å². The topological polar surface area (TPSA) is 62.1 Å². The first-order valence-corrected chi connectivity index (χ1v) is 9.92. The summed E-state index contributed by atoms with van der Waals surface area (Å²) in [6.07, 6.45) is 2.68. The quantitative estimate of drug-likeness (QED) is 0.719. The lowest BCUT2D eigenvalue weighted by molar-refractivity contribution is -0.0501. The second-order valence-electron chi connectivity index (χ2n) is 7.95. The van der Waals surface area contributed by atoms with Gasteiger partial charge >= 0.3 is 6.61 Å². The summed E-state index contributed by atoms with van der Waals surface area (Å²) in [5.41, 5.74) is 1.66. The van der Waals surface area contributed by atoms with E-state index in [-0.39, 0.29) is 16.7 Å². The molecule has 1 aliphatic rings. The Labute approximate surface area is 167 Å². The first kappa shape index (κ1) is 20.3. The van der Waals surface area contributed by atoms with Crippen LogP contribution in [-0.2, 0) is 12.8 Å². The number of nitrogens with zero attached hydrogens (tertiary/aromatic N) is 1. The number of benzene rings is 1. The number of carbonyl (C=O) groups excluding carboxylic acids is 1. The highest BCUT2D eigenvalue weighted by Gasteiger charge is 2.32. The summed E-state index contributed by atoms with van der Waals surface area (Å²) in [4.78, 5) is 13.8. The normalized spacial score (nSPS) is 16.4. The monoisotopic (exact) mass is 404 g/mol. The number of ether oxygens (including phenoxy) is 1. The lowest BCUT2D eigenvalue weighted by atomic mass is 9.72. The minimum Gasteiger partial charge on any atom is -0.434 e. The molecule has 3 rings (SSSR count). The van der Waals surface area contributed by atoms with Crippen LogP contribution in [0.25, 0.3) is 0 Å². The zero-order valence-electron chi connectivity index (χ0n) is 16.0. The Kier molecular flexibility index (Phi) is 5.71. The molecule has 0 unspecified atom stereocenters. The van der Waals surface area contributed by atoms with Crippen LogP contribution in [0.1, 0.15) is 53.6 Å². The third kappa shape index (κ3) is 4.17. The van der Waals surface area contributed by atoms with E-state index in [0.29, 0.717) is 16.5 Å². The van der Waals surface area contributed by atoms with Crippen molar-refractivity contribution >= 4 is 22.2 Å². The summed E-state index contributed by atoms with van der Waals surface area (Å²) < 4.78 is 29.6. The summed E-state index contributed by atoms with van der Waals surface area (Å²) in [7, 11) is 0. The van der Waals surface area contributed by atoms with E-state index in [0.717, 1.165) is 29.7 Å². The van der Waals surface area contributed by atoms with Crippen LogP contribution in [0.5, 0.6) is 5.75 Å². The van der Waals surface area contributed by atoms with Gasteiger partial charge in [0.15, 0.2) is 0 Å². The van der Waals surface area contributed by atoms with E-state index in [9.17, 15) is 18.8 Å². The molecule has 1 aromatic carbocycles. The van der Waals surface area contributed by atoms with Crippen molar-refractivity contribution in [2.75, 3.05) is 5.32 Å². The van der Waals surface area contributed by atoms with Gasteiger partial charge in [0.2, 0.25) is 0 Å². The Morgan fingerprint density at radius 3 is 2.71 bits per heavy atom. The van der Waals surface area contributed by atoms with Crippen molar-refractivity contribution < 1.29 is 18.3 Å². The van der Waals surface area contributed by atoms with Crippen LogP contribution in [-0.4, -0.2) is 12.5 Å². The van der Waals surface area contributed by atoms with Crippen LogP contribution in [0.15, 0.2) is 24.3 Å². The fourth-order valence-electron chi connectivity index (χ4n) is 3.55. The molecule has 148 valence electrons.